The van der Waals surface area contributed by atoms with Crippen LogP contribution in [0.4, 0.5) is 0 Å². The molecule has 13 nitrogen and oxygen atoms in total. The van der Waals surface area contributed by atoms with Crippen molar-refractivity contribution in [3.63, 3.8) is 0 Å². The summed E-state index contributed by atoms with van der Waals surface area (Å²) in [5.74, 6) is -1.75. The van der Waals surface area contributed by atoms with Crippen LogP contribution in [0.1, 0.15) is 70.4 Å². The summed E-state index contributed by atoms with van der Waals surface area (Å²) in [4.78, 5) is 63.6. The van der Waals surface area contributed by atoms with Gasteiger partial charge in [-0.05, 0) is 75.5 Å². The first-order chi connectivity index (χ1) is 24.9. The van der Waals surface area contributed by atoms with Crippen LogP contribution in [0.3, 0.4) is 0 Å². The SMILES string of the molecule is CC(C)C[C@@H](NC(=O)[C@@H](Cc1ccccc1)NC(=O)[C@H](N)Cc1ccccc1)C(=O)N[C@H](CCN=C(N)N)C(=O)N1CCC(N2CCC[C@H]2C)CC1. The Labute approximate surface area is 308 Å². The molecule has 0 aliphatic carbocycles. The number of carbonyl (C=O) groups excluding carboxylic acids is 4. The molecule has 13 heteroatoms. The van der Waals surface area contributed by atoms with Crippen LogP contribution in [0.25, 0.3) is 0 Å². The van der Waals surface area contributed by atoms with Gasteiger partial charge in [-0.15, -0.1) is 0 Å². The molecule has 4 amide bonds. The number of nitrogens with one attached hydrogen (secondary N) is 3. The molecule has 0 bridgehead atoms. The van der Waals surface area contributed by atoms with Crippen LogP contribution >= 0.6 is 0 Å². The van der Waals surface area contributed by atoms with Crippen LogP contribution in [-0.4, -0.2) is 102 Å². The molecule has 2 saturated heterocycles. The van der Waals surface area contributed by atoms with Crippen molar-refractivity contribution < 1.29 is 19.2 Å². The summed E-state index contributed by atoms with van der Waals surface area (Å²) < 4.78 is 0. The van der Waals surface area contributed by atoms with Crippen LogP contribution in [-0.2, 0) is 32.0 Å². The summed E-state index contributed by atoms with van der Waals surface area (Å²) in [5, 5.41) is 8.67. The predicted molar refractivity (Wildman–Crippen MR) is 204 cm³/mol. The van der Waals surface area contributed by atoms with E-state index in [1.54, 1.807) is 0 Å². The lowest BCUT2D eigenvalue weighted by atomic mass is 9.99. The largest absolute Gasteiger partial charge is 0.370 e. The number of carbonyl (C=O) groups is 4. The Hall–Kier alpha value is -4.49. The summed E-state index contributed by atoms with van der Waals surface area (Å²) in [7, 11) is 0. The van der Waals surface area contributed by atoms with Crippen LogP contribution in [0.5, 0.6) is 0 Å². The fourth-order valence-corrected chi connectivity index (χ4v) is 7.26. The zero-order chi connectivity index (χ0) is 37.6. The molecule has 0 spiro atoms. The van der Waals surface area contributed by atoms with Gasteiger partial charge in [0.2, 0.25) is 23.6 Å². The molecule has 0 radical (unpaired) electrons. The highest BCUT2D eigenvalue weighted by Crippen LogP contribution is 2.26. The Bertz CT molecular complexity index is 1480. The number of hydrogen-bond donors (Lipinski definition) is 6. The minimum Gasteiger partial charge on any atom is -0.370 e. The first kappa shape index (κ1) is 40.3. The quantitative estimate of drug-likeness (QED) is 0.104. The number of piperidine rings is 1. The molecule has 52 heavy (non-hydrogen) atoms. The van der Waals surface area contributed by atoms with Gasteiger partial charge in [-0.25, -0.2) is 0 Å². The molecule has 4 rings (SSSR count). The molecular weight excluding hydrogens is 658 g/mol. The van der Waals surface area contributed by atoms with Gasteiger partial charge in [0, 0.05) is 38.1 Å². The van der Waals surface area contributed by atoms with Gasteiger partial charge < -0.3 is 38.1 Å². The highest BCUT2D eigenvalue weighted by Gasteiger charge is 2.35. The number of likely N-dealkylation sites (tertiary alicyclic amines) is 2. The second-order valence-electron chi connectivity index (χ2n) is 14.7. The standard InChI is InChI=1S/C39H59N9O4/c1-26(2)23-33(46-37(51)34(25-29-14-8-5-9-15-29)45-35(49)31(40)24-28-12-6-4-7-13-28)36(50)44-32(16-19-43-39(41)42)38(52)47-21-17-30(18-22-47)48-20-10-11-27(48)3/h4-9,12-15,26-27,30-34H,10-11,16-25,40H2,1-3H3,(H,44,50)(H,45,49)(H,46,51)(H4,41,42,43)/t27-,31-,32-,33-,34-/m1/s1. The van der Waals surface area contributed by atoms with Crippen molar-refractivity contribution in [1.29, 1.82) is 0 Å². The molecule has 9 N–H and O–H groups in total. The van der Waals surface area contributed by atoms with E-state index in [0.717, 1.165) is 30.5 Å². The van der Waals surface area contributed by atoms with Crippen molar-refractivity contribution in [3.05, 3.63) is 71.8 Å². The molecule has 2 fully saturated rings. The van der Waals surface area contributed by atoms with E-state index >= 15 is 0 Å². The third-order valence-corrected chi connectivity index (χ3v) is 10.1. The number of guanidine groups is 1. The van der Waals surface area contributed by atoms with E-state index in [1.807, 2.05) is 79.4 Å². The van der Waals surface area contributed by atoms with Crippen LogP contribution < -0.4 is 33.2 Å². The molecule has 0 saturated carbocycles. The molecule has 2 aliphatic rings. The van der Waals surface area contributed by atoms with Crippen molar-refractivity contribution in [2.24, 2.45) is 28.1 Å². The van der Waals surface area contributed by atoms with Crippen molar-refractivity contribution in [1.82, 2.24) is 25.8 Å². The van der Waals surface area contributed by atoms with Gasteiger partial charge in [0.1, 0.15) is 18.1 Å². The van der Waals surface area contributed by atoms with Crippen molar-refractivity contribution in [2.45, 2.75) is 108 Å². The average Bonchev–Trinajstić information content (AvgIpc) is 3.56. The van der Waals surface area contributed by atoms with E-state index < -0.39 is 41.9 Å². The third kappa shape index (κ3) is 12.3. The van der Waals surface area contributed by atoms with Crippen molar-refractivity contribution in [3.8, 4) is 0 Å². The van der Waals surface area contributed by atoms with Gasteiger partial charge in [0.15, 0.2) is 5.96 Å². The van der Waals surface area contributed by atoms with Gasteiger partial charge in [-0.1, -0.05) is 74.5 Å². The van der Waals surface area contributed by atoms with Crippen LogP contribution in [0.2, 0.25) is 0 Å². The minimum absolute atomic E-state index is 0.0281. The van der Waals surface area contributed by atoms with E-state index in [0.29, 0.717) is 38.0 Å². The van der Waals surface area contributed by atoms with Crippen LogP contribution in [0, 0.1) is 5.92 Å². The zero-order valence-electron chi connectivity index (χ0n) is 31.0. The van der Waals surface area contributed by atoms with Crippen molar-refractivity contribution in [2.75, 3.05) is 26.2 Å². The number of hydrogen-bond acceptors (Lipinski definition) is 7. The van der Waals surface area contributed by atoms with Gasteiger partial charge in [0.05, 0.1) is 6.04 Å². The van der Waals surface area contributed by atoms with E-state index in [1.165, 1.54) is 12.8 Å². The summed E-state index contributed by atoms with van der Waals surface area (Å²) in [5.41, 5.74) is 19.2. The van der Waals surface area contributed by atoms with E-state index in [4.69, 9.17) is 17.2 Å². The normalized spacial score (nSPS) is 18.9. The monoisotopic (exact) mass is 717 g/mol. The number of nitrogens with two attached hydrogens (primary N) is 3. The summed E-state index contributed by atoms with van der Waals surface area (Å²) >= 11 is 0. The molecule has 2 aromatic carbocycles. The second-order valence-corrected chi connectivity index (χ2v) is 14.7. The summed E-state index contributed by atoms with van der Waals surface area (Å²) in [6.45, 7) is 8.61. The summed E-state index contributed by atoms with van der Waals surface area (Å²) in [6.07, 6.45) is 5.15. The zero-order valence-corrected chi connectivity index (χ0v) is 31.0. The third-order valence-electron chi connectivity index (χ3n) is 10.1. The van der Waals surface area contributed by atoms with Crippen molar-refractivity contribution >= 4 is 29.6 Å². The van der Waals surface area contributed by atoms with Gasteiger partial charge in [0.25, 0.3) is 0 Å². The lowest BCUT2D eigenvalue weighted by molar-refractivity contribution is -0.139. The van der Waals surface area contributed by atoms with Gasteiger partial charge in [-0.3, -0.25) is 29.1 Å². The molecule has 0 aromatic heterocycles. The highest BCUT2D eigenvalue weighted by molar-refractivity contribution is 5.95. The number of benzene rings is 2. The first-order valence-corrected chi connectivity index (χ1v) is 18.8. The Morgan fingerprint density at radius 1 is 0.769 bits per heavy atom. The molecule has 5 atom stereocenters. The Kier molecular flexibility index (Phi) is 15.4. The fourth-order valence-electron chi connectivity index (χ4n) is 7.26. The number of aliphatic imine (C=N–C) groups is 1. The predicted octanol–water partition coefficient (Wildman–Crippen LogP) is 1.44. The smallest absolute Gasteiger partial charge is 0.245 e. The second kappa shape index (κ2) is 19.9. The number of amides is 4. The van der Waals surface area contributed by atoms with Gasteiger partial charge in [-0.2, -0.15) is 0 Å². The minimum atomic E-state index is -1.00. The summed E-state index contributed by atoms with van der Waals surface area (Å²) in [6, 6.07) is 16.0. The molecular formula is C39H59N9O4. The maximum Gasteiger partial charge on any atom is 0.245 e. The molecule has 2 heterocycles. The lowest BCUT2D eigenvalue weighted by Crippen LogP contribution is -2.59. The van der Waals surface area contributed by atoms with E-state index in [9.17, 15) is 19.2 Å². The number of rotatable bonds is 17. The van der Waals surface area contributed by atoms with E-state index in [2.05, 4.69) is 32.8 Å². The number of nitrogens with zero attached hydrogens (tertiary/aromatic N) is 3. The van der Waals surface area contributed by atoms with Crippen LogP contribution in [0.15, 0.2) is 65.7 Å². The van der Waals surface area contributed by atoms with E-state index in [-0.39, 0.29) is 37.2 Å². The van der Waals surface area contributed by atoms with Gasteiger partial charge >= 0.3 is 0 Å². The maximum absolute atomic E-state index is 14.0. The molecule has 2 aromatic rings. The molecule has 284 valence electrons. The first-order valence-electron chi connectivity index (χ1n) is 18.8. The molecule has 2 aliphatic heterocycles. The lowest BCUT2D eigenvalue weighted by Gasteiger charge is -2.39. The average molecular weight is 718 g/mol. The fraction of sp³-hybridized carbons (Fsp3) is 0.564. The Morgan fingerprint density at radius 2 is 1.33 bits per heavy atom. The Balaban J connectivity index is 1.46. The topological polar surface area (TPSA) is 201 Å². The molecule has 0 unspecified atom stereocenters. The highest BCUT2D eigenvalue weighted by atomic mass is 16.2. The Morgan fingerprint density at radius 3 is 1.88 bits per heavy atom. The maximum atomic E-state index is 14.0.